The van der Waals surface area contributed by atoms with Crippen LogP contribution in [0.2, 0.25) is 0 Å². The van der Waals surface area contributed by atoms with Crippen molar-refractivity contribution in [2.75, 3.05) is 7.11 Å². The van der Waals surface area contributed by atoms with Crippen LogP contribution in [0.1, 0.15) is 29.1 Å². The van der Waals surface area contributed by atoms with Crippen molar-refractivity contribution in [1.29, 1.82) is 0 Å². The summed E-state index contributed by atoms with van der Waals surface area (Å²) in [6.45, 7) is 4.90. The number of rotatable bonds is 5. The number of methoxy groups -OCH3 is 1. The van der Waals surface area contributed by atoms with Crippen molar-refractivity contribution < 1.29 is 4.74 Å². The lowest BCUT2D eigenvalue weighted by molar-refractivity contribution is 0.400. The van der Waals surface area contributed by atoms with Gasteiger partial charge in [0.1, 0.15) is 11.7 Å². The molecule has 0 amide bonds. The molecule has 0 bridgehead atoms. The van der Waals surface area contributed by atoms with Gasteiger partial charge in [-0.25, -0.2) is 5.43 Å². The summed E-state index contributed by atoms with van der Waals surface area (Å²) < 4.78 is 7.28. The van der Waals surface area contributed by atoms with Crippen molar-refractivity contribution >= 4 is 11.3 Å². The zero-order valence-electron chi connectivity index (χ0n) is 10.8. The molecular formula is C12H18N4OS. The van der Waals surface area contributed by atoms with Gasteiger partial charge >= 0.3 is 0 Å². The van der Waals surface area contributed by atoms with Gasteiger partial charge in [0.2, 0.25) is 0 Å². The molecule has 6 heteroatoms. The van der Waals surface area contributed by atoms with Crippen LogP contribution in [0.25, 0.3) is 0 Å². The zero-order valence-corrected chi connectivity index (χ0v) is 11.6. The van der Waals surface area contributed by atoms with E-state index in [-0.39, 0.29) is 6.04 Å². The average molecular weight is 266 g/mol. The van der Waals surface area contributed by atoms with Crippen molar-refractivity contribution in [3.8, 4) is 5.75 Å². The molecular weight excluding hydrogens is 248 g/mol. The number of nitrogens with two attached hydrogens (primary N) is 1. The van der Waals surface area contributed by atoms with Crippen LogP contribution in [0, 0.1) is 6.92 Å². The number of hydrogen-bond acceptors (Lipinski definition) is 5. The summed E-state index contributed by atoms with van der Waals surface area (Å²) in [6, 6.07) is 1.99. The van der Waals surface area contributed by atoms with Crippen LogP contribution in [0.4, 0.5) is 0 Å². The second-order valence-electron chi connectivity index (χ2n) is 3.98. The fraction of sp³-hybridized carbons (Fsp3) is 0.417. The lowest BCUT2D eigenvalue weighted by Gasteiger charge is -2.18. The van der Waals surface area contributed by atoms with Gasteiger partial charge in [0, 0.05) is 11.4 Å². The second-order valence-corrected chi connectivity index (χ2v) is 4.93. The number of hydrogen-bond donors (Lipinski definition) is 2. The Balaban J connectivity index is 2.50. The summed E-state index contributed by atoms with van der Waals surface area (Å²) in [5.41, 5.74) is 5.05. The number of thiophene rings is 1. The number of hydrazine groups is 1. The van der Waals surface area contributed by atoms with Crippen LogP contribution in [-0.4, -0.2) is 16.9 Å². The van der Waals surface area contributed by atoms with Crippen LogP contribution in [0.15, 0.2) is 17.6 Å². The zero-order chi connectivity index (χ0) is 13.1. The molecule has 0 fully saturated rings. The molecule has 0 aliphatic rings. The van der Waals surface area contributed by atoms with Gasteiger partial charge in [-0.05, 0) is 30.9 Å². The molecule has 2 rings (SSSR count). The van der Waals surface area contributed by atoms with E-state index in [4.69, 9.17) is 10.6 Å². The fourth-order valence-corrected chi connectivity index (χ4v) is 3.03. The Labute approximate surface area is 111 Å². The minimum atomic E-state index is -0.0950. The molecule has 2 aromatic rings. The van der Waals surface area contributed by atoms with E-state index in [9.17, 15) is 0 Å². The Morgan fingerprint density at radius 3 is 2.89 bits per heavy atom. The molecule has 0 saturated carbocycles. The Morgan fingerprint density at radius 1 is 1.61 bits per heavy atom. The first-order valence-electron chi connectivity index (χ1n) is 5.82. The number of ether oxygens (including phenoxy) is 1. The first-order valence-corrected chi connectivity index (χ1v) is 6.70. The molecule has 0 aliphatic heterocycles. The van der Waals surface area contributed by atoms with Gasteiger partial charge in [-0.15, -0.1) is 11.3 Å². The normalized spacial score (nSPS) is 12.7. The molecule has 1 unspecified atom stereocenters. The third kappa shape index (κ3) is 2.14. The molecule has 2 aromatic heterocycles. The van der Waals surface area contributed by atoms with Gasteiger partial charge in [0.15, 0.2) is 5.75 Å². The molecule has 1 atom stereocenters. The van der Waals surface area contributed by atoms with Crippen LogP contribution in [0.3, 0.4) is 0 Å². The Hall–Kier alpha value is -1.37. The number of nitrogens with one attached hydrogen (secondary N) is 1. The molecule has 5 nitrogen and oxygen atoms in total. The molecule has 0 saturated heterocycles. The van der Waals surface area contributed by atoms with Gasteiger partial charge in [-0.1, -0.05) is 0 Å². The number of aryl methyl sites for hydroxylation is 2. The Morgan fingerprint density at radius 2 is 2.39 bits per heavy atom. The summed E-state index contributed by atoms with van der Waals surface area (Å²) in [6.07, 6.45) is 1.73. The van der Waals surface area contributed by atoms with E-state index < -0.39 is 0 Å². The predicted molar refractivity (Wildman–Crippen MR) is 72.7 cm³/mol. The van der Waals surface area contributed by atoms with E-state index in [0.717, 1.165) is 18.0 Å². The summed E-state index contributed by atoms with van der Waals surface area (Å²) in [4.78, 5) is 1.19. The standard InChI is InChI=1S/C12H18N4OS/c1-4-16-11(9(17-3)7-14-16)10(15-13)12-8(2)5-6-18-12/h5-7,10,15H,4,13H2,1-3H3. The lowest BCUT2D eigenvalue weighted by atomic mass is 10.1. The van der Waals surface area contributed by atoms with Crippen LogP contribution in [0.5, 0.6) is 5.75 Å². The van der Waals surface area contributed by atoms with Gasteiger partial charge in [-0.3, -0.25) is 10.5 Å². The molecule has 98 valence electrons. The highest BCUT2D eigenvalue weighted by Gasteiger charge is 2.24. The largest absolute Gasteiger partial charge is 0.493 e. The molecule has 0 radical (unpaired) electrons. The van der Waals surface area contributed by atoms with E-state index in [2.05, 4.69) is 28.9 Å². The van der Waals surface area contributed by atoms with Gasteiger partial charge in [0.25, 0.3) is 0 Å². The number of aromatic nitrogens is 2. The molecule has 0 aromatic carbocycles. The van der Waals surface area contributed by atoms with Crippen LogP contribution in [-0.2, 0) is 6.54 Å². The molecule has 2 heterocycles. The maximum atomic E-state index is 5.73. The molecule has 18 heavy (non-hydrogen) atoms. The second kappa shape index (κ2) is 5.51. The Bertz CT molecular complexity index is 498. The first kappa shape index (κ1) is 13.1. The predicted octanol–water partition coefficient (Wildman–Crippen LogP) is 1.83. The van der Waals surface area contributed by atoms with Crippen molar-refractivity contribution in [2.45, 2.75) is 26.4 Å². The van der Waals surface area contributed by atoms with E-state index >= 15 is 0 Å². The molecule has 3 N–H and O–H groups in total. The minimum absolute atomic E-state index is 0.0950. The van der Waals surface area contributed by atoms with Gasteiger partial charge in [0.05, 0.1) is 13.3 Å². The summed E-state index contributed by atoms with van der Waals surface area (Å²) in [5.74, 6) is 6.49. The summed E-state index contributed by atoms with van der Waals surface area (Å²) in [5, 5.41) is 6.38. The van der Waals surface area contributed by atoms with E-state index in [1.807, 2.05) is 11.6 Å². The summed E-state index contributed by atoms with van der Waals surface area (Å²) >= 11 is 1.68. The van der Waals surface area contributed by atoms with Crippen molar-refractivity contribution in [3.63, 3.8) is 0 Å². The maximum Gasteiger partial charge on any atom is 0.162 e. The smallest absolute Gasteiger partial charge is 0.162 e. The highest BCUT2D eigenvalue weighted by Crippen LogP contribution is 2.33. The van der Waals surface area contributed by atoms with Crippen molar-refractivity contribution in [2.24, 2.45) is 5.84 Å². The highest BCUT2D eigenvalue weighted by molar-refractivity contribution is 7.10. The van der Waals surface area contributed by atoms with E-state index in [0.29, 0.717) is 0 Å². The van der Waals surface area contributed by atoms with Gasteiger partial charge < -0.3 is 4.74 Å². The van der Waals surface area contributed by atoms with Crippen molar-refractivity contribution in [3.05, 3.63) is 33.8 Å². The lowest BCUT2D eigenvalue weighted by Crippen LogP contribution is -2.30. The Kier molecular flexibility index (Phi) is 4.00. The average Bonchev–Trinajstić information content (AvgIpc) is 2.98. The molecule has 0 aliphatic carbocycles. The fourth-order valence-electron chi connectivity index (χ4n) is 2.04. The monoisotopic (exact) mass is 266 g/mol. The van der Waals surface area contributed by atoms with E-state index in [1.54, 1.807) is 24.6 Å². The first-order chi connectivity index (χ1) is 8.72. The third-order valence-electron chi connectivity index (χ3n) is 2.97. The van der Waals surface area contributed by atoms with E-state index in [1.165, 1.54) is 10.4 Å². The highest BCUT2D eigenvalue weighted by atomic mass is 32.1. The topological polar surface area (TPSA) is 65.1 Å². The van der Waals surface area contributed by atoms with Crippen LogP contribution >= 0.6 is 11.3 Å². The summed E-state index contributed by atoms with van der Waals surface area (Å²) in [7, 11) is 1.65. The minimum Gasteiger partial charge on any atom is -0.493 e. The number of nitrogens with zero attached hydrogens (tertiary/aromatic N) is 2. The quantitative estimate of drug-likeness (QED) is 0.640. The SMILES string of the molecule is CCn1ncc(OC)c1C(NN)c1sccc1C. The maximum absolute atomic E-state index is 5.73. The van der Waals surface area contributed by atoms with Gasteiger partial charge in [-0.2, -0.15) is 5.10 Å². The molecule has 0 spiro atoms. The van der Waals surface area contributed by atoms with Crippen molar-refractivity contribution in [1.82, 2.24) is 15.2 Å². The van der Waals surface area contributed by atoms with Crippen LogP contribution < -0.4 is 16.0 Å². The third-order valence-corrected chi connectivity index (χ3v) is 4.05.